The van der Waals surface area contributed by atoms with Crippen LogP contribution >= 0.6 is 22.9 Å². The summed E-state index contributed by atoms with van der Waals surface area (Å²) < 4.78 is 5.34. The first-order valence-corrected chi connectivity index (χ1v) is 9.92. The summed E-state index contributed by atoms with van der Waals surface area (Å²) in [4.78, 5) is 19.0. The number of aryl methyl sites for hydroxylation is 1. The van der Waals surface area contributed by atoms with Gasteiger partial charge in [-0.3, -0.25) is 4.79 Å². The smallest absolute Gasteiger partial charge is 0.256 e. The van der Waals surface area contributed by atoms with Gasteiger partial charge in [-0.05, 0) is 48.2 Å². The van der Waals surface area contributed by atoms with Crippen LogP contribution in [0.4, 0.5) is 5.69 Å². The number of ether oxygens (including phenoxy) is 1. The molecule has 0 radical (unpaired) electrons. The molecule has 28 heavy (non-hydrogen) atoms. The number of para-hydroxylation sites is 2. The molecule has 1 amide bonds. The van der Waals surface area contributed by atoms with Crippen molar-refractivity contribution in [2.45, 2.75) is 6.92 Å². The lowest BCUT2D eigenvalue weighted by atomic mass is 10.0. The fourth-order valence-corrected chi connectivity index (χ4v) is 3.92. The van der Waals surface area contributed by atoms with E-state index >= 15 is 0 Å². The van der Waals surface area contributed by atoms with Crippen molar-refractivity contribution in [3.05, 3.63) is 76.1 Å². The van der Waals surface area contributed by atoms with E-state index in [1.165, 1.54) is 0 Å². The molecule has 4 rings (SSSR count). The zero-order valence-electron chi connectivity index (χ0n) is 15.3. The molecule has 0 unspecified atom stereocenters. The van der Waals surface area contributed by atoms with Crippen LogP contribution in [0.1, 0.15) is 15.9 Å². The van der Waals surface area contributed by atoms with E-state index in [-0.39, 0.29) is 5.91 Å². The second kappa shape index (κ2) is 7.62. The number of carbonyl (C=O) groups is 1. The number of pyridine rings is 1. The van der Waals surface area contributed by atoms with E-state index in [4.69, 9.17) is 21.3 Å². The molecule has 0 aliphatic heterocycles. The largest absolute Gasteiger partial charge is 0.495 e. The Balaban J connectivity index is 1.87. The summed E-state index contributed by atoms with van der Waals surface area (Å²) in [6, 6.07) is 16.7. The van der Waals surface area contributed by atoms with Gasteiger partial charge in [0.25, 0.3) is 5.91 Å². The molecule has 2 heterocycles. The van der Waals surface area contributed by atoms with E-state index in [1.54, 1.807) is 30.6 Å². The third-order valence-corrected chi connectivity index (χ3v) is 5.84. The minimum absolute atomic E-state index is 0.226. The van der Waals surface area contributed by atoms with Crippen LogP contribution in [0.25, 0.3) is 21.5 Å². The number of carbonyl (C=O) groups excluding carboxylic acids is 1. The number of nitrogens with one attached hydrogen (secondary N) is 1. The number of aromatic nitrogens is 1. The normalized spacial score (nSPS) is 10.8. The molecule has 0 aliphatic rings. The summed E-state index contributed by atoms with van der Waals surface area (Å²) in [7, 11) is 1.58. The maximum absolute atomic E-state index is 13.2. The number of hydrogen-bond acceptors (Lipinski definition) is 4. The van der Waals surface area contributed by atoms with Gasteiger partial charge in [-0.1, -0.05) is 35.9 Å². The molecule has 140 valence electrons. The Morgan fingerprint density at radius 2 is 1.96 bits per heavy atom. The molecule has 4 nitrogen and oxygen atoms in total. The second-order valence-electron chi connectivity index (χ2n) is 6.26. The van der Waals surface area contributed by atoms with Gasteiger partial charge < -0.3 is 10.1 Å². The molecule has 0 saturated carbocycles. The lowest BCUT2D eigenvalue weighted by Crippen LogP contribution is -2.14. The maximum atomic E-state index is 13.2. The van der Waals surface area contributed by atoms with Crippen LogP contribution in [0.3, 0.4) is 0 Å². The van der Waals surface area contributed by atoms with Crippen molar-refractivity contribution in [3.63, 3.8) is 0 Å². The van der Waals surface area contributed by atoms with Crippen molar-refractivity contribution in [2.75, 3.05) is 12.4 Å². The summed E-state index contributed by atoms with van der Waals surface area (Å²) >= 11 is 7.89. The first kappa shape index (κ1) is 18.5. The van der Waals surface area contributed by atoms with E-state index in [2.05, 4.69) is 5.32 Å². The third-order valence-electron chi connectivity index (χ3n) is 4.54. The topological polar surface area (TPSA) is 51.2 Å². The van der Waals surface area contributed by atoms with E-state index in [1.807, 2.05) is 54.8 Å². The van der Waals surface area contributed by atoms with E-state index in [0.717, 1.165) is 27.0 Å². The fraction of sp³-hybridized carbons (Fsp3) is 0.0909. The van der Waals surface area contributed by atoms with Crippen molar-refractivity contribution in [2.24, 2.45) is 0 Å². The quantitative estimate of drug-likeness (QED) is 0.438. The highest BCUT2D eigenvalue weighted by Crippen LogP contribution is 2.32. The van der Waals surface area contributed by atoms with Gasteiger partial charge in [0.05, 0.1) is 34.4 Å². The van der Waals surface area contributed by atoms with Crippen LogP contribution in [0.5, 0.6) is 5.75 Å². The summed E-state index contributed by atoms with van der Waals surface area (Å²) in [5.74, 6) is 0.378. The first-order valence-electron chi connectivity index (χ1n) is 8.66. The number of nitrogens with zero attached hydrogens (tertiary/aromatic N) is 1. The van der Waals surface area contributed by atoms with Crippen LogP contribution < -0.4 is 10.1 Å². The lowest BCUT2D eigenvalue weighted by molar-refractivity contribution is 0.102. The molecular weight excluding hydrogens is 392 g/mol. The first-order chi connectivity index (χ1) is 13.6. The predicted octanol–water partition coefficient (Wildman–Crippen LogP) is 6.19. The highest BCUT2D eigenvalue weighted by atomic mass is 35.5. The third kappa shape index (κ3) is 3.35. The molecule has 0 atom stereocenters. The number of methoxy groups -OCH3 is 1. The number of amides is 1. The van der Waals surface area contributed by atoms with Crippen molar-refractivity contribution >= 4 is 45.4 Å². The number of benzene rings is 2. The van der Waals surface area contributed by atoms with Gasteiger partial charge in [0, 0.05) is 10.4 Å². The van der Waals surface area contributed by atoms with E-state index in [9.17, 15) is 4.79 Å². The lowest BCUT2D eigenvalue weighted by Gasteiger charge is -2.13. The molecule has 2 aromatic heterocycles. The van der Waals surface area contributed by atoms with Gasteiger partial charge in [-0.2, -0.15) is 0 Å². The van der Waals surface area contributed by atoms with Crippen molar-refractivity contribution < 1.29 is 9.53 Å². The summed E-state index contributed by atoms with van der Waals surface area (Å²) in [6.07, 6.45) is 0. The fourth-order valence-electron chi connectivity index (χ4n) is 3.08. The number of rotatable bonds is 4. The standard InChI is InChI=1S/C22H17ClN2O2S/c1-13-16(23)10-9-14-15(12-18(24-21(13)14)20-8-5-11-28-20)22(26)25-17-6-3-4-7-19(17)27-2/h3-12H,1-2H3,(H,25,26). The Labute approximate surface area is 171 Å². The molecule has 0 aliphatic carbocycles. The van der Waals surface area contributed by atoms with Crippen molar-refractivity contribution in [1.82, 2.24) is 4.98 Å². The molecule has 1 N–H and O–H groups in total. The number of halogens is 1. The van der Waals surface area contributed by atoms with Crippen molar-refractivity contribution in [1.29, 1.82) is 0 Å². The summed E-state index contributed by atoms with van der Waals surface area (Å²) in [6.45, 7) is 1.91. The van der Waals surface area contributed by atoms with Crippen LogP contribution in [0, 0.1) is 6.92 Å². The SMILES string of the molecule is COc1ccccc1NC(=O)c1cc(-c2cccs2)nc2c(C)c(Cl)ccc12. The molecule has 6 heteroatoms. The minimum atomic E-state index is -0.226. The van der Waals surface area contributed by atoms with Gasteiger partial charge in [-0.15, -0.1) is 11.3 Å². The van der Waals surface area contributed by atoms with Gasteiger partial charge >= 0.3 is 0 Å². The zero-order valence-corrected chi connectivity index (χ0v) is 16.9. The second-order valence-corrected chi connectivity index (χ2v) is 7.61. The average Bonchev–Trinajstić information content (AvgIpc) is 3.25. The Morgan fingerprint density at radius 3 is 2.71 bits per heavy atom. The number of thiophene rings is 1. The van der Waals surface area contributed by atoms with Gasteiger partial charge in [0.15, 0.2) is 0 Å². The molecule has 0 bridgehead atoms. The Morgan fingerprint density at radius 1 is 1.14 bits per heavy atom. The minimum Gasteiger partial charge on any atom is -0.495 e. The number of hydrogen-bond donors (Lipinski definition) is 1. The Bertz CT molecular complexity index is 1170. The monoisotopic (exact) mass is 408 g/mol. The highest BCUT2D eigenvalue weighted by Gasteiger charge is 2.18. The van der Waals surface area contributed by atoms with Crippen LogP contribution in [-0.4, -0.2) is 18.0 Å². The number of anilines is 1. The molecule has 2 aromatic carbocycles. The van der Waals surface area contributed by atoms with Gasteiger partial charge in [-0.25, -0.2) is 4.98 Å². The molecule has 0 saturated heterocycles. The molecule has 0 spiro atoms. The molecule has 4 aromatic rings. The van der Waals surface area contributed by atoms with Crippen LogP contribution in [0.2, 0.25) is 5.02 Å². The number of fused-ring (bicyclic) bond motifs is 1. The molecule has 0 fully saturated rings. The average molecular weight is 409 g/mol. The van der Waals surface area contributed by atoms with Crippen LogP contribution in [0.15, 0.2) is 60.0 Å². The van der Waals surface area contributed by atoms with E-state index < -0.39 is 0 Å². The van der Waals surface area contributed by atoms with Crippen molar-refractivity contribution in [3.8, 4) is 16.3 Å². The van der Waals surface area contributed by atoms with Gasteiger partial charge in [0.1, 0.15) is 5.75 Å². The Hall–Kier alpha value is -2.89. The van der Waals surface area contributed by atoms with E-state index in [0.29, 0.717) is 22.0 Å². The summed E-state index contributed by atoms with van der Waals surface area (Å²) in [5, 5.41) is 6.33. The van der Waals surface area contributed by atoms with Gasteiger partial charge in [0.2, 0.25) is 0 Å². The predicted molar refractivity (Wildman–Crippen MR) is 116 cm³/mol. The maximum Gasteiger partial charge on any atom is 0.256 e. The summed E-state index contributed by atoms with van der Waals surface area (Å²) in [5.41, 5.74) is 3.48. The zero-order chi connectivity index (χ0) is 19.7. The van der Waals surface area contributed by atoms with Crippen LogP contribution in [-0.2, 0) is 0 Å². The molecular formula is C22H17ClN2O2S. The Kier molecular flexibility index (Phi) is 5.03. The highest BCUT2D eigenvalue weighted by molar-refractivity contribution is 7.13.